The Bertz CT molecular complexity index is 1630. The van der Waals surface area contributed by atoms with E-state index < -0.39 is 22.2 Å². The molecule has 1 amide bonds. The van der Waals surface area contributed by atoms with Gasteiger partial charge in [-0.25, -0.2) is 18.2 Å². The molecule has 1 atom stereocenters. The van der Waals surface area contributed by atoms with Crippen LogP contribution in [0.4, 0.5) is 18.9 Å². The Morgan fingerprint density at radius 3 is 2.63 bits per heavy atom. The van der Waals surface area contributed by atoms with Gasteiger partial charge in [0.05, 0.1) is 16.9 Å². The molecule has 1 aliphatic heterocycles. The fourth-order valence-electron chi connectivity index (χ4n) is 4.30. The third-order valence-electron chi connectivity index (χ3n) is 6.17. The number of thiazole rings is 1. The summed E-state index contributed by atoms with van der Waals surface area (Å²) in [5.41, 5.74) is 2.21. The molecule has 0 saturated carbocycles. The molecular weight excluding hydrogens is 604 g/mol. The lowest BCUT2D eigenvalue weighted by Gasteiger charge is -2.19. The predicted molar refractivity (Wildman–Crippen MR) is 151 cm³/mol. The number of anilines is 1. The summed E-state index contributed by atoms with van der Waals surface area (Å²) in [6, 6.07) is 11.2. The molecular formula is C25H26F3N5O5S3. The number of carbonyl (C=O) groups excluding carboxylic acids is 1. The van der Waals surface area contributed by atoms with Gasteiger partial charge in [0.15, 0.2) is 0 Å². The van der Waals surface area contributed by atoms with Crippen molar-refractivity contribution in [3.63, 3.8) is 0 Å². The van der Waals surface area contributed by atoms with Crippen molar-refractivity contribution in [2.45, 2.75) is 36.3 Å². The van der Waals surface area contributed by atoms with Crippen molar-refractivity contribution in [3.05, 3.63) is 52.9 Å². The van der Waals surface area contributed by atoms with Gasteiger partial charge in [0.1, 0.15) is 9.22 Å². The van der Waals surface area contributed by atoms with Gasteiger partial charge in [-0.3, -0.25) is 14.0 Å². The summed E-state index contributed by atoms with van der Waals surface area (Å²) in [6.07, 6.45) is -2.23. The smallest absolute Gasteiger partial charge is 0.475 e. The van der Waals surface area contributed by atoms with Crippen molar-refractivity contribution < 1.29 is 36.3 Å². The van der Waals surface area contributed by atoms with Gasteiger partial charge in [0.2, 0.25) is 5.91 Å². The van der Waals surface area contributed by atoms with Gasteiger partial charge in [-0.1, -0.05) is 18.2 Å². The molecule has 0 radical (unpaired) electrons. The highest BCUT2D eigenvalue weighted by molar-refractivity contribution is 7.94. The molecule has 5 rings (SSSR count). The van der Waals surface area contributed by atoms with E-state index in [1.165, 1.54) is 15.6 Å². The second-order valence-electron chi connectivity index (χ2n) is 9.18. The number of nitrogens with zero attached hydrogens (tertiary/aromatic N) is 3. The topological polar surface area (TPSA) is 136 Å². The molecule has 4 aromatic rings. The summed E-state index contributed by atoms with van der Waals surface area (Å²) in [5.74, 6) is -2.74. The van der Waals surface area contributed by atoms with Crippen molar-refractivity contribution in [1.29, 1.82) is 0 Å². The van der Waals surface area contributed by atoms with Crippen LogP contribution in [-0.4, -0.2) is 72.6 Å². The van der Waals surface area contributed by atoms with Gasteiger partial charge < -0.3 is 15.4 Å². The summed E-state index contributed by atoms with van der Waals surface area (Å²) in [5, 5.41) is 13.7. The van der Waals surface area contributed by atoms with Crippen LogP contribution in [0.1, 0.15) is 18.2 Å². The number of carboxylic acids is 1. The standard InChI is InChI=1S/C23H25N5O3S3.C2HF3O2/c1-15(29)25-17-8-9-28(13-17)14-18-12-24-23(33-18)19-11-16-5-3-6-20(22(16)26-19)27(2)34(30,31)21-7-4-10-32-21;3-2(4,5)1(6)7/h3-7,10-12,17,26H,8-9,13-14H2,1-2H3,(H,25,29);(H,6,7). The van der Waals surface area contributed by atoms with Crippen LogP contribution in [0.15, 0.2) is 52.2 Å². The number of aromatic amines is 1. The number of sulfonamides is 1. The first-order chi connectivity index (χ1) is 19.3. The van der Waals surface area contributed by atoms with E-state index in [4.69, 9.17) is 9.90 Å². The lowest BCUT2D eigenvalue weighted by molar-refractivity contribution is -0.192. The molecule has 4 heterocycles. The van der Waals surface area contributed by atoms with E-state index in [0.717, 1.165) is 52.5 Å². The number of thiophene rings is 1. The number of aliphatic carboxylic acids is 1. The van der Waals surface area contributed by atoms with E-state index in [1.807, 2.05) is 24.4 Å². The number of aromatic nitrogens is 2. The number of hydrogen-bond donors (Lipinski definition) is 3. The Hall–Kier alpha value is -3.47. The third-order valence-corrected chi connectivity index (χ3v) is 10.3. The Labute approximate surface area is 241 Å². The van der Waals surface area contributed by atoms with Gasteiger partial charge in [0, 0.05) is 56.1 Å². The minimum Gasteiger partial charge on any atom is -0.475 e. The van der Waals surface area contributed by atoms with Crippen molar-refractivity contribution >= 4 is 61.2 Å². The zero-order chi connectivity index (χ0) is 29.9. The number of H-pyrrole nitrogens is 1. The summed E-state index contributed by atoms with van der Waals surface area (Å²) >= 11 is 2.83. The number of halogens is 3. The number of benzene rings is 1. The molecule has 220 valence electrons. The highest BCUT2D eigenvalue weighted by Crippen LogP contribution is 2.35. The monoisotopic (exact) mass is 629 g/mol. The summed E-state index contributed by atoms with van der Waals surface area (Å²) in [4.78, 5) is 31.7. The Balaban J connectivity index is 0.000000493. The number of likely N-dealkylation sites (tertiary alicyclic amines) is 1. The predicted octanol–water partition coefficient (Wildman–Crippen LogP) is 4.52. The van der Waals surface area contributed by atoms with Crippen LogP contribution in [0.2, 0.25) is 0 Å². The number of amides is 1. The van der Waals surface area contributed by atoms with E-state index in [2.05, 4.69) is 20.2 Å². The maximum Gasteiger partial charge on any atom is 0.490 e. The average Bonchev–Trinajstić information content (AvgIpc) is 3.70. The first-order valence-corrected chi connectivity index (χ1v) is 15.3. The summed E-state index contributed by atoms with van der Waals surface area (Å²) < 4.78 is 59.5. The molecule has 41 heavy (non-hydrogen) atoms. The molecule has 3 N–H and O–H groups in total. The van der Waals surface area contributed by atoms with E-state index in [0.29, 0.717) is 9.90 Å². The largest absolute Gasteiger partial charge is 0.490 e. The maximum atomic E-state index is 13.0. The minimum atomic E-state index is -5.08. The van der Waals surface area contributed by atoms with Crippen molar-refractivity contribution in [1.82, 2.24) is 20.2 Å². The van der Waals surface area contributed by atoms with Gasteiger partial charge in [-0.2, -0.15) is 13.2 Å². The van der Waals surface area contributed by atoms with Gasteiger partial charge in [-0.05, 0) is 30.0 Å². The molecule has 1 fully saturated rings. The summed E-state index contributed by atoms with van der Waals surface area (Å²) in [7, 11) is -2.05. The SMILES string of the molecule is CC(=O)NC1CCN(Cc2cnc(-c3cc4cccc(N(C)S(=O)(=O)c5cccs5)c4[nH]3)s2)C1.O=C(O)C(F)(F)F. The van der Waals surface area contributed by atoms with Crippen LogP contribution in [0.25, 0.3) is 21.6 Å². The van der Waals surface area contributed by atoms with Crippen molar-refractivity contribution in [2.24, 2.45) is 0 Å². The van der Waals surface area contributed by atoms with Gasteiger partial charge in [0.25, 0.3) is 10.0 Å². The number of nitrogens with one attached hydrogen (secondary N) is 2. The molecule has 16 heteroatoms. The first kappa shape index (κ1) is 30.5. The van der Waals surface area contributed by atoms with Crippen molar-refractivity contribution in [2.75, 3.05) is 24.4 Å². The lowest BCUT2D eigenvalue weighted by atomic mass is 10.2. The van der Waals surface area contributed by atoms with Crippen LogP contribution in [-0.2, 0) is 26.2 Å². The number of alkyl halides is 3. The molecule has 1 aromatic carbocycles. The fourth-order valence-corrected chi connectivity index (χ4v) is 7.59. The van der Waals surface area contributed by atoms with Gasteiger partial charge in [-0.15, -0.1) is 22.7 Å². The highest BCUT2D eigenvalue weighted by atomic mass is 32.2. The number of fused-ring (bicyclic) bond motifs is 1. The molecule has 0 bridgehead atoms. The lowest BCUT2D eigenvalue weighted by Crippen LogP contribution is -2.35. The van der Waals surface area contributed by atoms with Crippen LogP contribution < -0.4 is 9.62 Å². The third kappa shape index (κ3) is 7.25. The first-order valence-electron chi connectivity index (χ1n) is 12.1. The summed E-state index contributed by atoms with van der Waals surface area (Å²) in [6.45, 7) is 4.13. The normalized spacial score (nSPS) is 15.9. The molecule has 0 aliphatic carbocycles. The van der Waals surface area contributed by atoms with Crippen LogP contribution in [0, 0.1) is 0 Å². The van der Waals surface area contributed by atoms with E-state index in [1.54, 1.807) is 48.9 Å². The van der Waals surface area contributed by atoms with Crippen LogP contribution in [0.5, 0.6) is 0 Å². The second-order valence-corrected chi connectivity index (χ2v) is 13.4. The average molecular weight is 630 g/mol. The van der Waals surface area contributed by atoms with Gasteiger partial charge >= 0.3 is 12.1 Å². The minimum absolute atomic E-state index is 0.0129. The highest BCUT2D eigenvalue weighted by Gasteiger charge is 2.38. The quantitative estimate of drug-likeness (QED) is 0.274. The maximum absolute atomic E-state index is 13.0. The molecule has 0 spiro atoms. The Morgan fingerprint density at radius 1 is 1.27 bits per heavy atom. The number of carbonyl (C=O) groups is 2. The number of para-hydroxylation sites is 1. The van der Waals surface area contributed by atoms with Crippen LogP contribution in [0.3, 0.4) is 0 Å². The van der Waals surface area contributed by atoms with Crippen molar-refractivity contribution in [3.8, 4) is 10.7 Å². The molecule has 1 saturated heterocycles. The molecule has 10 nitrogen and oxygen atoms in total. The molecule has 1 aliphatic rings. The van der Waals surface area contributed by atoms with E-state index >= 15 is 0 Å². The Kier molecular flexibility index (Phi) is 9.06. The Morgan fingerprint density at radius 2 is 2.00 bits per heavy atom. The molecule has 3 aromatic heterocycles. The van der Waals surface area contributed by atoms with Crippen LogP contribution >= 0.6 is 22.7 Å². The number of hydrogen-bond acceptors (Lipinski definition) is 8. The second kappa shape index (κ2) is 12.2. The zero-order valence-corrected chi connectivity index (χ0v) is 24.3. The zero-order valence-electron chi connectivity index (χ0n) is 21.8. The number of rotatable bonds is 7. The molecule has 1 unspecified atom stereocenters. The number of carboxylic acid groups (broad SMARTS) is 1. The van der Waals surface area contributed by atoms with E-state index in [-0.39, 0.29) is 11.9 Å². The van der Waals surface area contributed by atoms with E-state index in [9.17, 15) is 26.4 Å². The fraction of sp³-hybridized carbons (Fsp3) is 0.320.